The van der Waals surface area contributed by atoms with E-state index in [2.05, 4.69) is 6.92 Å². The molecule has 28 nitrogen and oxygen atoms in total. The van der Waals surface area contributed by atoms with Crippen LogP contribution in [-0.2, 0) is 94.9 Å². The van der Waals surface area contributed by atoms with Crippen molar-refractivity contribution in [3.63, 3.8) is 0 Å². The third kappa shape index (κ3) is 14.6. The maximum absolute atomic E-state index is 13.1. The minimum atomic E-state index is -1.68. The molecule has 4 saturated carbocycles. The molecule has 8 N–H and O–H groups in total. The molecule has 0 unspecified atom stereocenters. The molecule has 10 rings (SSSR count). The van der Waals surface area contributed by atoms with Gasteiger partial charge in [-0.2, -0.15) is 0 Å². The van der Waals surface area contributed by atoms with Crippen molar-refractivity contribution in [1.82, 2.24) is 0 Å². The predicted octanol–water partition coefficient (Wildman–Crippen LogP) is 2.57. The van der Waals surface area contributed by atoms with Crippen molar-refractivity contribution in [3.05, 3.63) is 0 Å². The summed E-state index contributed by atoms with van der Waals surface area (Å²) in [6, 6.07) is 0. The van der Waals surface area contributed by atoms with Crippen LogP contribution in [0.5, 0.6) is 0 Å². The van der Waals surface area contributed by atoms with Gasteiger partial charge in [-0.05, 0) is 122 Å². The first-order chi connectivity index (χ1) is 45.4. The number of fused-ring (bicyclic) bond motifs is 5. The van der Waals surface area contributed by atoms with Gasteiger partial charge < -0.3 is 126 Å². The predicted molar refractivity (Wildman–Crippen MR) is 332 cm³/mol. The molecule has 0 amide bonds. The lowest BCUT2D eigenvalue weighted by Crippen LogP contribution is -2.72. The number of esters is 2. The summed E-state index contributed by atoms with van der Waals surface area (Å²) in [5.74, 6) is -1.24. The average molecular weight is 1380 g/mol. The van der Waals surface area contributed by atoms with Crippen LogP contribution >= 0.6 is 0 Å². The first-order valence-corrected chi connectivity index (χ1v) is 35.2. The number of aliphatic hydroxyl groups is 8. The van der Waals surface area contributed by atoms with Crippen LogP contribution in [0.25, 0.3) is 0 Å². The lowest BCUT2D eigenvalue weighted by molar-refractivity contribution is -0.374. The van der Waals surface area contributed by atoms with E-state index in [1.165, 1.54) is 21.1 Å². The van der Waals surface area contributed by atoms with Gasteiger partial charge in [0.05, 0.1) is 84.6 Å². The van der Waals surface area contributed by atoms with Gasteiger partial charge in [-0.25, -0.2) is 0 Å². The molecule has 0 aromatic heterocycles. The standard InChI is InChI=1S/C68H114O28/c1-16-30(2)62(76)88-36(8)67(77)21-22-68(78)40-18-17-38-23-39(19-20-65(38,10)41(40)24-47(66(67,68)11)89-37(9)70)90-48-25-42(71)56(31(3)83-48)92-49-26-43(79-12)57(32(4)84-49)93-50-27-44(80-13)58(33(5)85-50)94-51-28-45(81-14)59(34(6)86-51)95-64-55(75)61(82-15)60(35(7)87-64)96-63-54(74)53(73)52(72)46(29-69)91-63/h30-36,38-61,63-64,69,71-75,77-78H,16-29H2,1-15H3/t30-,31-,32-,33-,34-,35-,36+,38+,39+,40-,41+,42+,43+,44-,45-,46-,47-,48+,49+,50+,51+,52-,53+,54-,55-,56-,57-,58-,59-,60-,61+,63+,64+,65+,66-,67-,68+/m1/s1. The van der Waals surface area contributed by atoms with Crippen LogP contribution < -0.4 is 0 Å². The van der Waals surface area contributed by atoms with Crippen LogP contribution in [0.3, 0.4) is 0 Å². The smallest absolute Gasteiger partial charge is 0.309 e. The molecule has 6 heterocycles. The number of hydrogen-bond acceptors (Lipinski definition) is 28. The van der Waals surface area contributed by atoms with Gasteiger partial charge in [-0.15, -0.1) is 0 Å². The second-order valence-corrected chi connectivity index (χ2v) is 29.8. The fraction of sp³-hybridized carbons (Fsp3) is 0.971. The van der Waals surface area contributed by atoms with Gasteiger partial charge >= 0.3 is 11.9 Å². The number of carbonyl (C=O) groups is 2. The molecule has 28 heteroatoms. The fourth-order valence-corrected chi connectivity index (χ4v) is 18.5. The summed E-state index contributed by atoms with van der Waals surface area (Å²) in [7, 11) is 6.08. The highest BCUT2D eigenvalue weighted by Gasteiger charge is 2.77. The van der Waals surface area contributed by atoms with Crippen molar-refractivity contribution >= 4 is 11.9 Å². The lowest BCUT2D eigenvalue weighted by Gasteiger charge is -2.66. The summed E-state index contributed by atoms with van der Waals surface area (Å²) < 4.78 is 112. The van der Waals surface area contributed by atoms with Crippen LogP contribution in [0.15, 0.2) is 0 Å². The topological polar surface area (TPSA) is 362 Å². The van der Waals surface area contributed by atoms with Gasteiger partial charge in [0, 0.05) is 61.0 Å². The third-order valence-electron chi connectivity index (χ3n) is 24.5. The summed E-state index contributed by atoms with van der Waals surface area (Å²) in [5, 5.41) is 90.1. The Kier molecular flexibility index (Phi) is 24.8. The molecule has 0 bridgehead atoms. The number of carbonyl (C=O) groups excluding carboxylic acids is 2. The largest absolute Gasteiger partial charge is 0.462 e. The van der Waals surface area contributed by atoms with E-state index >= 15 is 0 Å². The van der Waals surface area contributed by atoms with Crippen molar-refractivity contribution in [1.29, 1.82) is 0 Å². The Morgan fingerprint density at radius 2 is 1.04 bits per heavy atom. The van der Waals surface area contributed by atoms with Crippen molar-refractivity contribution < 1.29 is 136 Å². The monoisotopic (exact) mass is 1380 g/mol. The second kappa shape index (κ2) is 31.1. The normalized spacial score (nSPS) is 51.3. The molecule has 4 aliphatic carbocycles. The summed E-state index contributed by atoms with van der Waals surface area (Å²) in [4.78, 5) is 25.9. The molecule has 96 heavy (non-hydrogen) atoms. The molecular formula is C68H114O28. The van der Waals surface area contributed by atoms with Crippen LogP contribution in [0.1, 0.15) is 160 Å². The quantitative estimate of drug-likeness (QED) is 0.0570. The van der Waals surface area contributed by atoms with Gasteiger partial charge in [0.15, 0.2) is 37.7 Å². The molecule has 10 aliphatic rings. The van der Waals surface area contributed by atoms with Gasteiger partial charge in [-0.3, -0.25) is 9.59 Å². The zero-order chi connectivity index (χ0) is 69.8. The number of methoxy groups -OCH3 is 4. The zero-order valence-electron chi connectivity index (χ0n) is 58.7. The van der Waals surface area contributed by atoms with E-state index in [0.29, 0.717) is 19.3 Å². The molecule has 0 radical (unpaired) electrons. The lowest BCUT2D eigenvalue weighted by atomic mass is 9.42. The molecular weight excluding hydrogens is 1260 g/mol. The van der Waals surface area contributed by atoms with Crippen molar-refractivity contribution in [3.8, 4) is 0 Å². The summed E-state index contributed by atoms with van der Waals surface area (Å²) in [5.41, 5.74) is -4.57. The Balaban J connectivity index is 0.683. The molecule has 37 atom stereocenters. The first kappa shape index (κ1) is 76.6. The Morgan fingerprint density at radius 1 is 0.531 bits per heavy atom. The highest BCUT2D eigenvalue weighted by atomic mass is 16.8. The molecule has 6 aliphatic heterocycles. The molecule has 6 saturated heterocycles. The van der Waals surface area contributed by atoms with Crippen LogP contribution in [-0.4, -0.2) is 277 Å². The maximum Gasteiger partial charge on any atom is 0.309 e. The summed E-state index contributed by atoms with van der Waals surface area (Å²) >= 11 is 0. The molecule has 0 spiro atoms. The Labute approximate surface area is 564 Å². The van der Waals surface area contributed by atoms with Crippen molar-refractivity contribution in [2.75, 3.05) is 35.0 Å². The fourth-order valence-electron chi connectivity index (χ4n) is 18.5. The summed E-state index contributed by atoms with van der Waals surface area (Å²) in [6.07, 6.45) is -19.5. The SMILES string of the molecule is CC[C@@H](C)C(=O)O[C@@H](C)[C@]1(O)CC[C@]2(O)[C@@H]3CC[C@H]4C[C@@H](O[C@H]5C[C@H](O)[C@H](O[C@H]6C[C@H](OC)[C@H](O[C@H]7C[C@@H](OC)[C@H](O[C@H]8C[C@@H](OC)[C@H](O[C@@H]9O[C@H](C)[C@@H](O[C@@H]%10O[C@H](CO)[C@@H](O)[C@H](O)[C@H]%10O)[C@@H](OC)[C@H]9O)[C@@H](C)O8)[C@@H](C)O7)[C@@H](C)O6)[C@@H](C)O5)CC[C@]4(C)[C@H]3C[C@@H](OC(C)=O)[C@]12C. The van der Waals surface area contributed by atoms with Crippen LogP contribution in [0, 0.1) is 34.5 Å². The maximum atomic E-state index is 13.1. The van der Waals surface area contributed by atoms with Crippen LogP contribution in [0.4, 0.5) is 0 Å². The summed E-state index contributed by atoms with van der Waals surface area (Å²) in [6.45, 7) is 19.3. The molecule has 10 fully saturated rings. The van der Waals surface area contributed by atoms with E-state index in [4.69, 9.17) is 85.3 Å². The van der Waals surface area contributed by atoms with Gasteiger partial charge in [-0.1, -0.05) is 27.7 Å². The van der Waals surface area contributed by atoms with Crippen LogP contribution in [0.2, 0.25) is 0 Å². The highest BCUT2D eigenvalue weighted by Crippen LogP contribution is 2.71. The zero-order valence-corrected chi connectivity index (χ0v) is 58.7. The number of aliphatic hydroxyl groups excluding tert-OH is 6. The second-order valence-electron chi connectivity index (χ2n) is 29.8. The molecule has 554 valence electrons. The number of hydrogen-bond donors (Lipinski definition) is 8. The van der Waals surface area contributed by atoms with E-state index in [0.717, 1.165) is 25.7 Å². The van der Waals surface area contributed by atoms with Gasteiger partial charge in [0.1, 0.15) is 85.0 Å². The minimum absolute atomic E-state index is 0.0194. The average Bonchev–Trinajstić information content (AvgIpc) is 1.40. The Hall–Kier alpha value is -2.02. The van der Waals surface area contributed by atoms with E-state index < -0.39 is 207 Å². The first-order valence-electron chi connectivity index (χ1n) is 35.2. The van der Waals surface area contributed by atoms with Crippen molar-refractivity contribution in [2.45, 2.75) is 349 Å². The van der Waals surface area contributed by atoms with E-state index in [1.807, 2.05) is 34.6 Å². The third-order valence-corrected chi connectivity index (χ3v) is 24.5. The van der Waals surface area contributed by atoms with E-state index in [-0.39, 0.29) is 73.7 Å². The minimum Gasteiger partial charge on any atom is -0.462 e. The Morgan fingerprint density at radius 3 is 1.56 bits per heavy atom. The number of rotatable bonds is 22. The van der Waals surface area contributed by atoms with Gasteiger partial charge in [0.2, 0.25) is 0 Å². The highest BCUT2D eigenvalue weighted by molar-refractivity contribution is 5.72. The van der Waals surface area contributed by atoms with Crippen molar-refractivity contribution in [2.24, 2.45) is 34.5 Å². The molecule has 0 aromatic rings. The molecule has 0 aromatic carbocycles. The van der Waals surface area contributed by atoms with Gasteiger partial charge in [0.25, 0.3) is 0 Å². The van der Waals surface area contributed by atoms with E-state index in [1.54, 1.807) is 41.9 Å². The Bertz CT molecular complexity index is 2530. The number of ether oxygens (including phenoxy) is 18. The van der Waals surface area contributed by atoms with E-state index in [9.17, 15) is 50.4 Å².